The molecule has 1 aromatic heterocycles. The zero-order chi connectivity index (χ0) is 13.4. The van der Waals surface area contributed by atoms with E-state index in [-0.39, 0.29) is 0 Å². The fraction of sp³-hybridized carbons (Fsp3) is 0. The quantitative estimate of drug-likeness (QED) is 0.611. The van der Waals surface area contributed by atoms with Crippen LogP contribution < -0.4 is 11.5 Å². The van der Waals surface area contributed by atoms with Gasteiger partial charge in [0.15, 0.2) is 0 Å². The second-order valence-corrected chi connectivity index (χ2v) is 4.45. The number of rotatable bonds is 2. The third kappa shape index (κ3) is 1.93. The highest BCUT2D eigenvalue weighted by Crippen LogP contribution is 2.29. The Kier molecular flexibility index (Phi) is 2.49. The third-order valence-electron chi connectivity index (χ3n) is 3.19. The van der Waals surface area contributed by atoms with E-state index in [2.05, 4.69) is 4.98 Å². The lowest BCUT2D eigenvalue weighted by atomic mass is 10.0. The highest BCUT2D eigenvalue weighted by Gasteiger charge is 2.07. The van der Waals surface area contributed by atoms with Crippen molar-refractivity contribution in [2.75, 3.05) is 5.73 Å². The first-order valence-corrected chi connectivity index (χ1v) is 5.92. The summed E-state index contributed by atoms with van der Waals surface area (Å²) in [7, 11) is 0. The summed E-state index contributed by atoms with van der Waals surface area (Å²) in [5.41, 5.74) is 15.4. The molecule has 0 saturated heterocycles. The maximum atomic E-state index is 11.1. The molecule has 0 unspecified atom stereocenters. The number of carbonyl (C=O) groups excluding carboxylic acids is 1. The van der Waals surface area contributed by atoms with Crippen molar-refractivity contribution < 1.29 is 4.79 Å². The molecule has 4 heteroatoms. The molecule has 0 aliphatic carbocycles. The monoisotopic (exact) mass is 251 g/mol. The maximum absolute atomic E-state index is 11.1. The molecule has 0 aliphatic rings. The lowest BCUT2D eigenvalue weighted by Gasteiger charge is -2.02. The number of amides is 1. The van der Waals surface area contributed by atoms with Gasteiger partial charge >= 0.3 is 0 Å². The van der Waals surface area contributed by atoms with Gasteiger partial charge in [0, 0.05) is 33.9 Å². The van der Waals surface area contributed by atoms with Crippen molar-refractivity contribution in [3.8, 4) is 11.1 Å². The smallest absolute Gasteiger partial charge is 0.248 e. The summed E-state index contributed by atoms with van der Waals surface area (Å²) >= 11 is 0. The molecule has 0 radical (unpaired) electrons. The molecule has 0 saturated carbocycles. The zero-order valence-corrected chi connectivity index (χ0v) is 10.2. The minimum absolute atomic E-state index is 0.422. The molecule has 2 aromatic carbocycles. The molecule has 0 bridgehead atoms. The van der Waals surface area contributed by atoms with Crippen molar-refractivity contribution in [1.82, 2.24) is 4.98 Å². The number of nitrogen functional groups attached to an aromatic ring is 1. The lowest BCUT2D eigenvalue weighted by Crippen LogP contribution is -2.10. The number of hydrogen-bond donors (Lipinski definition) is 3. The van der Waals surface area contributed by atoms with Gasteiger partial charge in [-0.15, -0.1) is 0 Å². The molecule has 19 heavy (non-hydrogen) atoms. The minimum Gasteiger partial charge on any atom is -0.399 e. The SMILES string of the molecule is NC(=O)c1ccc(-c2c[nH]c3ccc(N)cc23)cc1. The van der Waals surface area contributed by atoms with Crippen LogP contribution in [0.15, 0.2) is 48.7 Å². The lowest BCUT2D eigenvalue weighted by molar-refractivity contribution is 0.100. The second-order valence-electron chi connectivity index (χ2n) is 4.45. The first-order valence-electron chi connectivity index (χ1n) is 5.92. The summed E-state index contributed by atoms with van der Waals surface area (Å²) in [6.45, 7) is 0. The summed E-state index contributed by atoms with van der Waals surface area (Å²) in [6.07, 6.45) is 1.93. The first-order chi connectivity index (χ1) is 9.15. The van der Waals surface area contributed by atoms with E-state index in [9.17, 15) is 4.79 Å². The van der Waals surface area contributed by atoms with Crippen LogP contribution in [0.3, 0.4) is 0 Å². The van der Waals surface area contributed by atoms with Crippen LogP contribution in [0.2, 0.25) is 0 Å². The Balaban J connectivity index is 2.13. The number of hydrogen-bond acceptors (Lipinski definition) is 2. The number of aromatic nitrogens is 1. The molecule has 1 amide bonds. The van der Waals surface area contributed by atoms with E-state index in [0.717, 1.165) is 27.7 Å². The molecule has 1 heterocycles. The van der Waals surface area contributed by atoms with Crippen molar-refractivity contribution in [1.29, 1.82) is 0 Å². The molecular weight excluding hydrogens is 238 g/mol. The van der Waals surface area contributed by atoms with Gasteiger partial charge < -0.3 is 16.5 Å². The Bertz CT molecular complexity index is 757. The average molecular weight is 251 g/mol. The van der Waals surface area contributed by atoms with Crippen LogP contribution in [-0.4, -0.2) is 10.9 Å². The largest absolute Gasteiger partial charge is 0.399 e. The van der Waals surface area contributed by atoms with Crippen LogP contribution in [0.1, 0.15) is 10.4 Å². The molecule has 0 fully saturated rings. The Morgan fingerprint density at radius 3 is 2.47 bits per heavy atom. The molecule has 94 valence electrons. The van der Waals surface area contributed by atoms with Gasteiger partial charge in [-0.25, -0.2) is 0 Å². The molecule has 0 atom stereocenters. The molecule has 3 rings (SSSR count). The number of anilines is 1. The summed E-state index contributed by atoms with van der Waals surface area (Å²) in [5.74, 6) is -0.422. The highest BCUT2D eigenvalue weighted by molar-refractivity contribution is 5.98. The Hall–Kier alpha value is -2.75. The van der Waals surface area contributed by atoms with Gasteiger partial charge in [0.25, 0.3) is 0 Å². The Labute approximate surface area is 110 Å². The number of primary amides is 1. The van der Waals surface area contributed by atoms with Gasteiger partial charge in [-0.1, -0.05) is 12.1 Å². The summed E-state index contributed by atoms with van der Waals surface area (Å²) in [6, 6.07) is 13.0. The summed E-state index contributed by atoms with van der Waals surface area (Å²) in [5, 5.41) is 1.06. The summed E-state index contributed by atoms with van der Waals surface area (Å²) < 4.78 is 0. The predicted molar refractivity (Wildman–Crippen MR) is 76.7 cm³/mol. The second kappa shape index (κ2) is 4.17. The Morgan fingerprint density at radius 2 is 1.79 bits per heavy atom. The number of carbonyl (C=O) groups is 1. The van der Waals surface area contributed by atoms with E-state index in [1.807, 2.05) is 36.5 Å². The van der Waals surface area contributed by atoms with Gasteiger partial charge in [0.2, 0.25) is 5.91 Å². The van der Waals surface area contributed by atoms with Gasteiger partial charge in [-0.3, -0.25) is 4.79 Å². The van der Waals surface area contributed by atoms with Crippen LogP contribution in [0.25, 0.3) is 22.0 Å². The van der Waals surface area contributed by atoms with Crippen molar-refractivity contribution in [2.24, 2.45) is 5.73 Å². The fourth-order valence-electron chi connectivity index (χ4n) is 2.19. The van der Waals surface area contributed by atoms with Gasteiger partial charge in [0.05, 0.1) is 0 Å². The summed E-state index contributed by atoms with van der Waals surface area (Å²) in [4.78, 5) is 14.3. The molecule has 0 aliphatic heterocycles. The number of H-pyrrole nitrogens is 1. The minimum atomic E-state index is -0.422. The first kappa shape index (κ1) is 11.3. The number of benzene rings is 2. The molecule has 3 aromatic rings. The van der Waals surface area contributed by atoms with Crippen molar-refractivity contribution in [3.05, 3.63) is 54.2 Å². The highest BCUT2D eigenvalue weighted by atomic mass is 16.1. The van der Waals surface area contributed by atoms with E-state index in [1.165, 1.54) is 0 Å². The topological polar surface area (TPSA) is 84.9 Å². The average Bonchev–Trinajstić information content (AvgIpc) is 2.81. The maximum Gasteiger partial charge on any atom is 0.248 e. The van der Waals surface area contributed by atoms with Crippen LogP contribution in [0, 0.1) is 0 Å². The molecule has 5 N–H and O–H groups in total. The fourth-order valence-corrected chi connectivity index (χ4v) is 2.19. The Morgan fingerprint density at radius 1 is 1.05 bits per heavy atom. The van der Waals surface area contributed by atoms with Gasteiger partial charge in [0.1, 0.15) is 0 Å². The molecule has 0 spiro atoms. The van der Waals surface area contributed by atoms with E-state index in [1.54, 1.807) is 12.1 Å². The van der Waals surface area contributed by atoms with Gasteiger partial charge in [-0.2, -0.15) is 0 Å². The normalized spacial score (nSPS) is 10.7. The standard InChI is InChI=1S/C15H13N3O/c16-11-5-6-14-12(7-11)13(8-18-14)9-1-3-10(4-2-9)15(17)19/h1-8,18H,16H2,(H2,17,19). The van der Waals surface area contributed by atoms with Crippen molar-refractivity contribution >= 4 is 22.5 Å². The number of aromatic amines is 1. The van der Waals surface area contributed by atoms with E-state index in [0.29, 0.717) is 5.56 Å². The zero-order valence-electron chi connectivity index (χ0n) is 10.2. The van der Waals surface area contributed by atoms with E-state index >= 15 is 0 Å². The van der Waals surface area contributed by atoms with Crippen LogP contribution >= 0.6 is 0 Å². The number of nitrogens with one attached hydrogen (secondary N) is 1. The van der Waals surface area contributed by atoms with Crippen molar-refractivity contribution in [3.63, 3.8) is 0 Å². The molecule has 4 nitrogen and oxygen atoms in total. The molecular formula is C15H13N3O. The van der Waals surface area contributed by atoms with Crippen LogP contribution in [0.5, 0.6) is 0 Å². The van der Waals surface area contributed by atoms with E-state index < -0.39 is 5.91 Å². The van der Waals surface area contributed by atoms with E-state index in [4.69, 9.17) is 11.5 Å². The predicted octanol–water partition coefficient (Wildman–Crippen LogP) is 2.52. The van der Waals surface area contributed by atoms with Gasteiger partial charge in [-0.05, 0) is 35.9 Å². The third-order valence-corrected chi connectivity index (χ3v) is 3.19. The number of fused-ring (bicyclic) bond motifs is 1. The van der Waals surface area contributed by atoms with Crippen LogP contribution in [-0.2, 0) is 0 Å². The van der Waals surface area contributed by atoms with Crippen molar-refractivity contribution in [2.45, 2.75) is 0 Å². The van der Waals surface area contributed by atoms with Crippen LogP contribution in [0.4, 0.5) is 5.69 Å². The number of nitrogens with two attached hydrogens (primary N) is 2.